The van der Waals surface area contributed by atoms with Gasteiger partial charge in [0.25, 0.3) is 0 Å². The molecule has 2 aromatic heterocycles. The third-order valence-corrected chi connectivity index (χ3v) is 4.48. The Morgan fingerprint density at radius 1 is 1.11 bits per heavy atom. The lowest BCUT2D eigenvalue weighted by molar-refractivity contribution is 0.252. The van der Waals surface area contributed by atoms with E-state index >= 15 is 0 Å². The Morgan fingerprint density at radius 2 is 2.00 bits per heavy atom. The molecule has 140 valence electrons. The highest BCUT2D eigenvalue weighted by Crippen LogP contribution is 2.34. The average molecular weight is 372 g/mol. The first kappa shape index (κ1) is 17.6. The fourth-order valence-corrected chi connectivity index (χ4v) is 3.12. The van der Waals surface area contributed by atoms with Gasteiger partial charge in [0.2, 0.25) is 0 Å². The number of methoxy groups -OCH3 is 1. The summed E-state index contributed by atoms with van der Waals surface area (Å²) in [5.74, 6) is 0.759. The average Bonchev–Trinajstić information content (AvgIpc) is 3.11. The summed E-state index contributed by atoms with van der Waals surface area (Å²) in [4.78, 5) is 20.1. The molecule has 2 aromatic carbocycles. The number of urea groups is 1. The van der Waals surface area contributed by atoms with Crippen molar-refractivity contribution in [2.24, 2.45) is 0 Å². The number of anilines is 1. The molecule has 0 fully saturated rings. The number of amides is 2. The second kappa shape index (κ2) is 7.84. The number of aromatic nitrogens is 2. The standard InChI is InChI=1S/C22H20N4O2/c1-28-17-8-4-6-15(12-17)13-24-22(27)26-21-18-9-2-3-10-19(18)25-20(21)16-7-5-11-23-14-16/h2-12,14,25H,13H2,1H3,(H2,24,26,27). The number of fused-ring (bicyclic) bond motifs is 1. The molecule has 0 aliphatic rings. The highest BCUT2D eigenvalue weighted by Gasteiger charge is 2.15. The molecule has 4 aromatic rings. The number of para-hydroxylation sites is 1. The van der Waals surface area contributed by atoms with Gasteiger partial charge in [-0.15, -0.1) is 0 Å². The van der Waals surface area contributed by atoms with Crippen LogP contribution in [0.1, 0.15) is 5.56 Å². The van der Waals surface area contributed by atoms with Crippen molar-refractivity contribution in [3.8, 4) is 17.0 Å². The molecule has 2 amide bonds. The molecule has 3 N–H and O–H groups in total. The molecule has 0 unspecified atom stereocenters. The second-order valence-electron chi connectivity index (χ2n) is 6.32. The van der Waals surface area contributed by atoms with Gasteiger partial charge in [-0.2, -0.15) is 0 Å². The number of nitrogens with zero attached hydrogens (tertiary/aromatic N) is 1. The van der Waals surface area contributed by atoms with Gasteiger partial charge in [0.1, 0.15) is 5.75 Å². The number of H-pyrrole nitrogens is 1. The summed E-state index contributed by atoms with van der Waals surface area (Å²) in [6.45, 7) is 0.396. The van der Waals surface area contributed by atoms with Crippen LogP contribution in [0.15, 0.2) is 73.1 Å². The molecule has 6 nitrogen and oxygen atoms in total. The summed E-state index contributed by atoms with van der Waals surface area (Å²) in [7, 11) is 1.62. The normalized spacial score (nSPS) is 10.6. The molecule has 28 heavy (non-hydrogen) atoms. The molecule has 6 heteroatoms. The van der Waals surface area contributed by atoms with Crippen LogP contribution in [0.5, 0.6) is 5.75 Å². The maximum atomic E-state index is 12.6. The van der Waals surface area contributed by atoms with Crippen LogP contribution >= 0.6 is 0 Å². The molecular formula is C22H20N4O2. The lowest BCUT2D eigenvalue weighted by Crippen LogP contribution is -2.28. The van der Waals surface area contributed by atoms with Crippen molar-refractivity contribution in [2.75, 3.05) is 12.4 Å². The molecule has 0 spiro atoms. The predicted octanol–water partition coefficient (Wildman–Crippen LogP) is 4.56. The largest absolute Gasteiger partial charge is 0.497 e. The molecule has 0 aliphatic heterocycles. The van der Waals surface area contributed by atoms with Crippen LogP contribution in [-0.2, 0) is 6.54 Å². The van der Waals surface area contributed by atoms with Gasteiger partial charge in [-0.05, 0) is 35.9 Å². The van der Waals surface area contributed by atoms with Gasteiger partial charge in [0, 0.05) is 35.4 Å². The lowest BCUT2D eigenvalue weighted by Gasteiger charge is -2.10. The van der Waals surface area contributed by atoms with Gasteiger partial charge in [-0.25, -0.2) is 4.79 Å². The Labute approximate surface area is 162 Å². The van der Waals surface area contributed by atoms with Crippen molar-refractivity contribution in [3.63, 3.8) is 0 Å². The Balaban J connectivity index is 1.57. The van der Waals surface area contributed by atoms with Crippen LogP contribution in [0.2, 0.25) is 0 Å². The van der Waals surface area contributed by atoms with Gasteiger partial charge in [0.15, 0.2) is 0 Å². The van der Waals surface area contributed by atoms with Crippen molar-refractivity contribution < 1.29 is 9.53 Å². The predicted molar refractivity (Wildman–Crippen MR) is 110 cm³/mol. The summed E-state index contributed by atoms with van der Waals surface area (Å²) < 4.78 is 5.22. The third-order valence-electron chi connectivity index (χ3n) is 4.48. The number of benzene rings is 2. The summed E-state index contributed by atoms with van der Waals surface area (Å²) in [5, 5.41) is 6.83. The number of rotatable bonds is 5. The maximum absolute atomic E-state index is 12.6. The van der Waals surface area contributed by atoms with Crippen molar-refractivity contribution in [2.45, 2.75) is 6.54 Å². The molecule has 0 atom stereocenters. The fraction of sp³-hybridized carbons (Fsp3) is 0.0909. The molecule has 0 bridgehead atoms. The summed E-state index contributed by atoms with van der Waals surface area (Å²) >= 11 is 0. The van der Waals surface area contributed by atoms with E-state index in [9.17, 15) is 4.79 Å². The van der Waals surface area contributed by atoms with E-state index in [1.165, 1.54) is 0 Å². The zero-order chi connectivity index (χ0) is 19.3. The van der Waals surface area contributed by atoms with Gasteiger partial charge >= 0.3 is 6.03 Å². The van der Waals surface area contributed by atoms with E-state index in [1.54, 1.807) is 19.5 Å². The first-order valence-electron chi connectivity index (χ1n) is 8.93. The van der Waals surface area contributed by atoms with Crippen molar-refractivity contribution >= 4 is 22.6 Å². The number of nitrogens with one attached hydrogen (secondary N) is 3. The van der Waals surface area contributed by atoms with Crippen molar-refractivity contribution in [1.82, 2.24) is 15.3 Å². The van der Waals surface area contributed by atoms with Gasteiger partial charge < -0.3 is 20.4 Å². The Kier molecular flexibility index (Phi) is 4.93. The first-order valence-corrected chi connectivity index (χ1v) is 8.93. The van der Waals surface area contributed by atoms with Gasteiger partial charge in [-0.1, -0.05) is 30.3 Å². The summed E-state index contributed by atoms with van der Waals surface area (Å²) in [6.07, 6.45) is 3.49. The van der Waals surface area contributed by atoms with E-state index in [1.807, 2.05) is 60.7 Å². The topological polar surface area (TPSA) is 79.0 Å². The smallest absolute Gasteiger partial charge is 0.319 e. The van der Waals surface area contributed by atoms with Crippen molar-refractivity contribution in [1.29, 1.82) is 0 Å². The minimum absolute atomic E-state index is 0.280. The van der Waals surface area contributed by atoms with Crippen LogP contribution in [0.25, 0.3) is 22.2 Å². The van der Waals surface area contributed by atoms with E-state index in [0.717, 1.165) is 39.2 Å². The van der Waals surface area contributed by atoms with E-state index < -0.39 is 0 Å². The van der Waals surface area contributed by atoms with E-state index in [4.69, 9.17) is 4.74 Å². The number of pyridine rings is 1. The molecular weight excluding hydrogens is 352 g/mol. The highest BCUT2D eigenvalue weighted by atomic mass is 16.5. The number of hydrogen-bond acceptors (Lipinski definition) is 3. The second-order valence-corrected chi connectivity index (χ2v) is 6.32. The van der Waals surface area contributed by atoms with Crippen LogP contribution < -0.4 is 15.4 Å². The van der Waals surface area contributed by atoms with Gasteiger partial charge in [-0.3, -0.25) is 4.98 Å². The van der Waals surface area contributed by atoms with Crippen molar-refractivity contribution in [3.05, 3.63) is 78.6 Å². The zero-order valence-electron chi connectivity index (χ0n) is 15.4. The molecule has 4 rings (SSSR count). The van der Waals surface area contributed by atoms with E-state index in [-0.39, 0.29) is 6.03 Å². The van der Waals surface area contributed by atoms with E-state index in [0.29, 0.717) is 6.54 Å². The molecule has 2 heterocycles. The first-order chi connectivity index (χ1) is 13.7. The van der Waals surface area contributed by atoms with Crippen LogP contribution in [-0.4, -0.2) is 23.1 Å². The SMILES string of the molecule is COc1cccc(CNC(=O)Nc2c(-c3cccnc3)[nH]c3ccccc23)c1. The number of carbonyl (C=O) groups excluding carboxylic acids is 1. The maximum Gasteiger partial charge on any atom is 0.319 e. The Hall–Kier alpha value is -3.80. The Bertz CT molecular complexity index is 1110. The van der Waals surface area contributed by atoms with Gasteiger partial charge in [0.05, 0.1) is 18.5 Å². The molecule has 0 radical (unpaired) electrons. The third kappa shape index (κ3) is 3.66. The number of aromatic amines is 1. The van der Waals surface area contributed by atoms with Crippen LogP contribution in [0.4, 0.5) is 10.5 Å². The molecule has 0 saturated carbocycles. The summed E-state index contributed by atoms with van der Waals surface area (Å²) in [5.41, 5.74) is 4.37. The minimum atomic E-state index is -0.280. The Morgan fingerprint density at radius 3 is 2.82 bits per heavy atom. The number of carbonyl (C=O) groups is 1. The molecule has 0 saturated heterocycles. The van der Waals surface area contributed by atoms with E-state index in [2.05, 4.69) is 20.6 Å². The lowest BCUT2D eigenvalue weighted by atomic mass is 10.1. The quantitative estimate of drug-likeness (QED) is 0.480. The van der Waals surface area contributed by atoms with Crippen LogP contribution in [0, 0.1) is 0 Å². The fourth-order valence-electron chi connectivity index (χ4n) is 3.12. The molecule has 0 aliphatic carbocycles. The minimum Gasteiger partial charge on any atom is -0.497 e. The zero-order valence-corrected chi connectivity index (χ0v) is 15.4. The highest BCUT2D eigenvalue weighted by molar-refractivity contribution is 6.07. The monoisotopic (exact) mass is 372 g/mol. The van der Waals surface area contributed by atoms with Crippen LogP contribution in [0.3, 0.4) is 0 Å². The number of hydrogen-bond donors (Lipinski definition) is 3. The number of ether oxygens (including phenoxy) is 1. The summed E-state index contributed by atoms with van der Waals surface area (Å²) in [6, 6.07) is 19.0.